The molecule has 0 bridgehead atoms. The monoisotopic (exact) mass is 369 g/mol. The lowest BCUT2D eigenvalue weighted by Crippen LogP contribution is -2.52. The quantitative estimate of drug-likeness (QED) is 0.831. The van der Waals surface area contributed by atoms with Gasteiger partial charge in [0.05, 0.1) is 0 Å². The van der Waals surface area contributed by atoms with Gasteiger partial charge in [-0.15, -0.1) is 19.0 Å². The van der Waals surface area contributed by atoms with Crippen LogP contribution in [0.1, 0.15) is 10.4 Å². The van der Waals surface area contributed by atoms with Crippen molar-refractivity contribution < 1.29 is 14.4 Å². The number of piperazine rings is 1. The Kier molecular flexibility index (Phi) is 8.35. The Bertz CT molecular complexity index is 589. The maximum atomic E-state index is 12.2. The van der Waals surface area contributed by atoms with Crippen LogP contribution < -0.4 is 5.32 Å². The second-order valence-electron chi connectivity index (χ2n) is 4.97. The molecule has 1 aliphatic heterocycles. The van der Waals surface area contributed by atoms with E-state index in [1.165, 1.54) is 0 Å². The number of carbonyl (C=O) groups excluding carboxylic acids is 3. The first-order chi connectivity index (χ1) is 11.1. The molecule has 0 atom stereocenters. The van der Waals surface area contributed by atoms with Crippen molar-refractivity contribution in [1.82, 2.24) is 15.1 Å². The summed E-state index contributed by atoms with van der Waals surface area (Å²) in [5, 5.41) is 2.17. The Hall–Kier alpha value is -1.99. The number of hydrogen-bond donors (Lipinski definition) is 1. The smallest absolute Gasteiger partial charge is 0.317 e. The summed E-state index contributed by atoms with van der Waals surface area (Å²) in [6.45, 7) is 5.72. The second kappa shape index (κ2) is 10.00. The molecule has 1 aromatic carbocycles. The number of hydrogen-bond acceptors (Lipinski definition) is 4. The zero-order valence-corrected chi connectivity index (χ0v) is 14.8. The summed E-state index contributed by atoms with van der Waals surface area (Å²) in [5.41, 5.74) is 0.508. The minimum absolute atomic E-state index is 0. The molecule has 0 spiro atoms. The van der Waals surface area contributed by atoms with Gasteiger partial charge in [0.15, 0.2) is 0 Å². The molecule has 0 aromatic heterocycles. The maximum Gasteiger partial charge on any atom is 0.317 e. The molecule has 0 radical (unpaired) electrons. The van der Waals surface area contributed by atoms with Crippen molar-refractivity contribution in [3.8, 4) is 0 Å². The lowest BCUT2D eigenvalue weighted by atomic mass is 10.2. The second-order valence-corrected chi connectivity index (χ2v) is 5.89. The molecule has 1 saturated heterocycles. The van der Waals surface area contributed by atoms with Gasteiger partial charge in [0.25, 0.3) is 5.24 Å². The van der Waals surface area contributed by atoms with Crippen molar-refractivity contribution in [1.29, 1.82) is 0 Å². The average Bonchev–Trinajstić information content (AvgIpc) is 2.60. The van der Waals surface area contributed by atoms with E-state index in [0.29, 0.717) is 50.0 Å². The van der Waals surface area contributed by atoms with Gasteiger partial charge in [-0.1, -0.05) is 36.4 Å². The molecule has 3 amide bonds. The Morgan fingerprint density at radius 1 is 1.08 bits per heavy atom. The van der Waals surface area contributed by atoms with Crippen LogP contribution in [0.2, 0.25) is 0 Å². The van der Waals surface area contributed by atoms with Crippen LogP contribution in [0.5, 0.6) is 0 Å². The minimum atomic E-state index is -0.273. The summed E-state index contributed by atoms with van der Waals surface area (Å²) < 4.78 is 0. The third kappa shape index (κ3) is 5.58. The summed E-state index contributed by atoms with van der Waals surface area (Å²) in [5.74, 6) is 0. The van der Waals surface area contributed by atoms with Crippen LogP contribution in [0, 0.1) is 0 Å². The van der Waals surface area contributed by atoms with Gasteiger partial charge >= 0.3 is 6.03 Å². The van der Waals surface area contributed by atoms with Gasteiger partial charge in [0.1, 0.15) is 0 Å². The number of carbonyl (C=O) groups is 3. The predicted molar refractivity (Wildman–Crippen MR) is 97.7 cm³/mol. The number of nitrogens with one attached hydrogen (secondary N) is 1. The first-order valence-corrected chi connectivity index (χ1v) is 8.13. The van der Waals surface area contributed by atoms with E-state index in [4.69, 9.17) is 0 Å². The van der Waals surface area contributed by atoms with Crippen LogP contribution in [0.3, 0.4) is 0 Å². The van der Waals surface area contributed by atoms with Crippen molar-refractivity contribution in [2.45, 2.75) is 0 Å². The highest BCUT2D eigenvalue weighted by molar-refractivity contribution is 8.26. The first kappa shape index (κ1) is 20.1. The van der Waals surface area contributed by atoms with Crippen molar-refractivity contribution in [3.63, 3.8) is 0 Å². The molecule has 1 aromatic rings. The van der Waals surface area contributed by atoms with Crippen molar-refractivity contribution in [2.24, 2.45) is 0 Å². The average molecular weight is 370 g/mol. The van der Waals surface area contributed by atoms with Crippen LogP contribution in [0.4, 0.5) is 9.59 Å². The summed E-state index contributed by atoms with van der Waals surface area (Å²) in [4.78, 5) is 39.2. The number of thioether (sulfide) groups is 1. The van der Waals surface area contributed by atoms with E-state index < -0.39 is 0 Å². The topological polar surface area (TPSA) is 69.7 Å². The molecule has 6 nitrogen and oxygen atoms in total. The summed E-state index contributed by atoms with van der Waals surface area (Å²) in [6, 6.07) is 8.55. The number of halogens is 1. The molecule has 0 unspecified atom stereocenters. The molecule has 1 N–H and O–H groups in total. The van der Waals surface area contributed by atoms with E-state index >= 15 is 0 Å². The van der Waals surface area contributed by atoms with E-state index in [1.807, 2.05) is 6.07 Å². The molecular weight excluding hydrogens is 350 g/mol. The van der Waals surface area contributed by atoms with Gasteiger partial charge in [-0.3, -0.25) is 9.59 Å². The Morgan fingerprint density at radius 2 is 1.67 bits per heavy atom. The molecular formula is C16H20ClN3O3S. The molecule has 24 heavy (non-hydrogen) atoms. The molecule has 0 saturated carbocycles. The zero-order valence-electron chi connectivity index (χ0n) is 13.1. The highest BCUT2D eigenvalue weighted by Crippen LogP contribution is 2.17. The van der Waals surface area contributed by atoms with E-state index in [2.05, 4.69) is 11.9 Å². The van der Waals surface area contributed by atoms with Crippen molar-refractivity contribution in [3.05, 3.63) is 48.6 Å². The molecule has 1 heterocycles. The Morgan fingerprint density at radius 3 is 2.25 bits per heavy atom. The van der Waals surface area contributed by atoms with Gasteiger partial charge in [-0.2, -0.15) is 0 Å². The highest BCUT2D eigenvalue weighted by atomic mass is 35.5. The van der Waals surface area contributed by atoms with Gasteiger partial charge in [-0.05, 0) is 0 Å². The number of amides is 3. The largest absolute Gasteiger partial charge is 0.335 e. The standard InChI is InChI=1S/C16H19N3O3S.ClH/c1-2-8-17-15(21)18-9-11-19(12-10-18)16(22)23-14(20)13-6-4-3-5-7-13;/h2-7H,1,8-12H2,(H,17,21);1H. The van der Waals surface area contributed by atoms with Gasteiger partial charge in [0.2, 0.25) is 5.12 Å². The van der Waals surface area contributed by atoms with Crippen molar-refractivity contribution >= 4 is 40.6 Å². The molecule has 8 heteroatoms. The van der Waals surface area contributed by atoms with Crippen LogP contribution in [-0.2, 0) is 0 Å². The van der Waals surface area contributed by atoms with E-state index in [-0.39, 0.29) is 28.8 Å². The fraction of sp³-hybridized carbons (Fsp3) is 0.312. The highest BCUT2D eigenvalue weighted by Gasteiger charge is 2.25. The molecule has 1 fully saturated rings. The number of benzene rings is 1. The summed E-state index contributed by atoms with van der Waals surface area (Å²) >= 11 is 0.698. The third-order valence-corrected chi connectivity index (χ3v) is 4.27. The van der Waals surface area contributed by atoms with Crippen LogP contribution >= 0.6 is 24.2 Å². The minimum Gasteiger partial charge on any atom is -0.335 e. The first-order valence-electron chi connectivity index (χ1n) is 7.31. The molecule has 2 rings (SSSR count). The fourth-order valence-electron chi connectivity index (χ4n) is 2.14. The Balaban J connectivity index is 0.00000288. The fourth-order valence-corrected chi connectivity index (χ4v) is 2.86. The summed E-state index contributed by atoms with van der Waals surface area (Å²) in [6.07, 6.45) is 1.61. The van der Waals surface area contributed by atoms with E-state index in [1.54, 1.807) is 40.1 Å². The third-order valence-electron chi connectivity index (χ3n) is 3.41. The normalized spacial score (nSPS) is 13.7. The van der Waals surface area contributed by atoms with Crippen LogP contribution in [0.25, 0.3) is 0 Å². The Labute approximate surface area is 151 Å². The number of urea groups is 1. The predicted octanol–water partition coefficient (Wildman–Crippen LogP) is 2.62. The maximum absolute atomic E-state index is 12.2. The van der Waals surface area contributed by atoms with Gasteiger partial charge in [-0.25, -0.2) is 4.79 Å². The van der Waals surface area contributed by atoms with Crippen LogP contribution in [-0.4, -0.2) is 58.9 Å². The van der Waals surface area contributed by atoms with E-state index in [9.17, 15) is 14.4 Å². The summed E-state index contributed by atoms with van der Waals surface area (Å²) in [7, 11) is 0. The number of nitrogens with zero attached hydrogens (tertiary/aromatic N) is 2. The van der Waals surface area contributed by atoms with Crippen molar-refractivity contribution in [2.75, 3.05) is 32.7 Å². The molecule has 0 aliphatic carbocycles. The lowest BCUT2D eigenvalue weighted by Gasteiger charge is -2.34. The SMILES string of the molecule is C=CCNC(=O)N1CCN(C(=O)SC(=O)c2ccccc2)CC1.Cl. The van der Waals surface area contributed by atoms with E-state index in [0.717, 1.165) is 0 Å². The van der Waals surface area contributed by atoms with Crippen LogP contribution in [0.15, 0.2) is 43.0 Å². The van der Waals surface area contributed by atoms with Gasteiger partial charge in [0, 0.05) is 50.0 Å². The molecule has 130 valence electrons. The number of rotatable bonds is 3. The molecule has 1 aliphatic rings. The van der Waals surface area contributed by atoms with Gasteiger partial charge < -0.3 is 15.1 Å². The lowest BCUT2D eigenvalue weighted by molar-refractivity contribution is 0.108. The zero-order chi connectivity index (χ0) is 16.7.